The Hall–Kier alpha value is -2.22. The van der Waals surface area contributed by atoms with Gasteiger partial charge in [0.1, 0.15) is 11.4 Å². The van der Waals surface area contributed by atoms with Crippen molar-refractivity contribution in [2.24, 2.45) is 0 Å². The number of halogens is 1. The summed E-state index contributed by atoms with van der Waals surface area (Å²) in [5.41, 5.74) is -0.192. The molecule has 0 unspecified atom stereocenters. The van der Waals surface area contributed by atoms with Crippen LogP contribution in [0.2, 0.25) is 5.02 Å². The molecule has 25 heavy (non-hydrogen) atoms. The number of hydrogen-bond acceptors (Lipinski definition) is 4. The molecule has 0 bridgehead atoms. The number of hydrogen-bond donors (Lipinski definition) is 2. The summed E-state index contributed by atoms with van der Waals surface area (Å²) in [5.74, 6) is 7.41. The molecule has 1 aliphatic carbocycles. The quantitative estimate of drug-likeness (QED) is 0.819. The average molecular weight is 357 g/mol. The van der Waals surface area contributed by atoms with Gasteiger partial charge < -0.3 is 15.2 Å². The van der Waals surface area contributed by atoms with Gasteiger partial charge in [-0.05, 0) is 43.5 Å². The second kappa shape index (κ2) is 7.77. The first-order valence-electron chi connectivity index (χ1n) is 8.35. The predicted molar refractivity (Wildman–Crippen MR) is 99.9 cm³/mol. The van der Waals surface area contributed by atoms with E-state index in [4.69, 9.17) is 16.3 Å². The van der Waals surface area contributed by atoms with Crippen LogP contribution in [0.3, 0.4) is 0 Å². The van der Waals surface area contributed by atoms with Crippen LogP contribution in [0.15, 0.2) is 42.5 Å². The molecule has 2 atom stereocenters. The van der Waals surface area contributed by atoms with Gasteiger partial charge in [0.05, 0.1) is 7.11 Å². The minimum Gasteiger partial charge on any atom is -0.481 e. The molecule has 0 amide bonds. The zero-order valence-corrected chi connectivity index (χ0v) is 14.9. The lowest BCUT2D eigenvalue weighted by atomic mass is 9.82. The second-order valence-corrected chi connectivity index (χ2v) is 6.73. The Labute approximate surface area is 153 Å². The number of methoxy groups -OCH3 is 1. The highest BCUT2D eigenvalue weighted by molar-refractivity contribution is 6.30. The summed E-state index contributed by atoms with van der Waals surface area (Å²) < 4.78 is 5.15. The molecule has 0 spiro atoms. The highest BCUT2D eigenvalue weighted by Gasteiger charge is 2.33. The van der Waals surface area contributed by atoms with Gasteiger partial charge in [0.2, 0.25) is 5.88 Å². The van der Waals surface area contributed by atoms with Gasteiger partial charge in [0.25, 0.3) is 0 Å². The zero-order chi connectivity index (χ0) is 17.7. The van der Waals surface area contributed by atoms with Gasteiger partial charge in [0.15, 0.2) is 0 Å². The number of pyridine rings is 1. The van der Waals surface area contributed by atoms with Crippen LogP contribution in [0.1, 0.15) is 31.2 Å². The number of rotatable bonds is 3. The van der Waals surface area contributed by atoms with Gasteiger partial charge in [-0.1, -0.05) is 35.6 Å². The number of nitrogens with zero attached hydrogens (tertiary/aromatic N) is 1. The molecule has 0 saturated heterocycles. The minimum atomic E-state index is -1.00. The first-order valence-corrected chi connectivity index (χ1v) is 8.73. The van der Waals surface area contributed by atoms with Crippen molar-refractivity contribution in [3.05, 3.63) is 53.1 Å². The van der Waals surface area contributed by atoms with Crippen molar-refractivity contribution in [2.75, 3.05) is 12.4 Å². The van der Waals surface area contributed by atoms with Gasteiger partial charge >= 0.3 is 0 Å². The molecule has 5 heteroatoms. The molecule has 0 radical (unpaired) electrons. The number of benzene rings is 1. The summed E-state index contributed by atoms with van der Waals surface area (Å²) in [6.45, 7) is 0. The van der Waals surface area contributed by atoms with Gasteiger partial charge in [-0.25, -0.2) is 0 Å². The highest BCUT2D eigenvalue weighted by Crippen LogP contribution is 2.30. The Kier molecular flexibility index (Phi) is 5.47. The van der Waals surface area contributed by atoms with Crippen molar-refractivity contribution in [3.8, 4) is 17.7 Å². The van der Waals surface area contributed by atoms with E-state index in [9.17, 15) is 5.11 Å². The maximum atomic E-state index is 10.9. The lowest BCUT2D eigenvalue weighted by Gasteiger charge is -2.33. The van der Waals surface area contributed by atoms with E-state index in [-0.39, 0.29) is 6.04 Å². The Morgan fingerprint density at radius 1 is 1.32 bits per heavy atom. The number of aliphatic hydroxyl groups is 1. The van der Waals surface area contributed by atoms with Crippen LogP contribution in [0, 0.1) is 11.8 Å². The maximum absolute atomic E-state index is 10.9. The highest BCUT2D eigenvalue weighted by atomic mass is 35.5. The molecule has 2 N–H and O–H groups in total. The Morgan fingerprint density at radius 3 is 2.96 bits per heavy atom. The summed E-state index contributed by atoms with van der Waals surface area (Å²) in [4.78, 5) is 4.37. The Bertz CT molecular complexity index is 800. The first-order chi connectivity index (χ1) is 12.1. The minimum absolute atomic E-state index is 0.118. The van der Waals surface area contributed by atoms with Crippen LogP contribution < -0.4 is 10.1 Å². The monoisotopic (exact) mass is 356 g/mol. The second-order valence-electron chi connectivity index (χ2n) is 6.29. The molecule has 130 valence electrons. The number of nitrogens with one attached hydrogen (secondary N) is 1. The fraction of sp³-hybridized carbons (Fsp3) is 0.350. The Morgan fingerprint density at radius 2 is 2.16 bits per heavy atom. The number of ether oxygens (including phenoxy) is 1. The van der Waals surface area contributed by atoms with E-state index in [1.165, 1.54) is 0 Å². The molecule has 3 rings (SSSR count). The standard InChI is InChI=1S/C20H21ClN2O2/c1-25-19-9-3-8-18(23-19)22-17-7-4-11-20(24,14-17)12-10-15-5-2-6-16(21)13-15/h2-3,5-6,8-9,13,17,24H,4,7,11,14H2,1H3,(H,22,23)/t17-,20+/m0/s1. The van der Waals surface area contributed by atoms with E-state index in [1.54, 1.807) is 19.2 Å². The van der Waals surface area contributed by atoms with Crippen molar-refractivity contribution in [2.45, 2.75) is 37.3 Å². The van der Waals surface area contributed by atoms with Gasteiger partial charge in [-0.15, -0.1) is 0 Å². The summed E-state index contributed by atoms with van der Waals surface area (Å²) >= 11 is 5.98. The average Bonchev–Trinajstić information content (AvgIpc) is 2.60. The fourth-order valence-electron chi connectivity index (χ4n) is 3.06. The number of anilines is 1. The summed E-state index contributed by atoms with van der Waals surface area (Å²) in [7, 11) is 1.59. The molecule has 1 saturated carbocycles. The summed E-state index contributed by atoms with van der Waals surface area (Å²) in [5, 5.41) is 14.9. The third kappa shape index (κ3) is 4.88. The molecular formula is C20H21ClN2O2. The SMILES string of the molecule is COc1cccc(N[C@H]2CCC[C@@](O)(C#Cc3cccc(Cl)c3)C2)n1. The molecule has 1 aromatic heterocycles. The molecule has 1 aromatic carbocycles. The van der Waals surface area contributed by atoms with E-state index in [0.29, 0.717) is 23.7 Å². The van der Waals surface area contributed by atoms with E-state index < -0.39 is 5.60 Å². The third-order valence-electron chi connectivity index (χ3n) is 4.28. The van der Waals surface area contributed by atoms with Gasteiger partial charge in [-0.2, -0.15) is 4.98 Å². The molecule has 1 fully saturated rings. The third-order valence-corrected chi connectivity index (χ3v) is 4.51. The van der Waals surface area contributed by atoms with Crippen LogP contribution in [0.25, 0.3) is 0 Å². The van der Waals surface area contributed by atoms with E-state index in [1.807, 2.05) is 30.3 Å². The summed E-state index contributed by atoms with van der Waals surface area (Å²) in [6, 6.07) is 13.1. The lowest BCUT2D eigenvalue weighted by Crippen LogP contribution is -2.39. The molecular weight excluding hydrogens is 336 g/mol. The van der Waals surface area contributed by atoms with Crippen LogP contribution in [-0.2, 0) is 0 Å². The molecule has 1 aliphatic rings. The summed E-state index contributed by atoms with van der Waals surface area (Å²) in [6.07, 6.45) is 3.10. The van der Waals surface area contributed by atoms with Crippen LogP contribution in [0.5, 0.6) is 5.88 Å². The predicted octanol–water partition coefficient (Wildman–Crippen LogP) is 3.88. The van der Waals surface area contributed by atoms with Crippen molar-refractivity contribution >= 4 is 17.4 Å². The maximum Gasteiger partial charge on any atom is 0.214 e. The van der Waals surface area contributed by atoms with E-state index >= 15 is 0 Å². The molecule has 2 aromatic rings. The largest absolute Gasteiger partial charge is 0.481 e. The zero-order valence-electron chi connectivity index (χ0n) is 14.1. The van der Waals surface area contributed by atoms with Crippen LogP contribution in [0.4, 0.5) is 5.82 Å². The molecule has 1 heterocycles. The Balaban J connectivity index is 1.69. The number of aromatic nitrogens is 1. The van der Waals surface area contributed by atoms with E-state index in [2.05, 4.69) is 22.1 Å². The first kappa shape index (κ1) is 17.6. The van der Waals surface area contributed by atoms with Crippen LogP contribution >= 0.6 is 11.6 Å². The van der Waals surface area contributed by atoms with E-state index in [0.717, 1.165) is 24.2 Å². The smallest absolute Gasteiger partial charge is 0.214 e. The van der Waals surface area contributed by atoms with Crippen LogP contribution in [-0.4, -0.2) is 28.8 Å². The molecule has 4 nitrogen and oxygen atoms in total. The molecule has 0 aliphatic heterocycles. The lowest BCUT2D eigenvalue weighted by molar-refractivity contribution is 0.0561. The van der Waals surface area contributed by atoms with Crippen molar-refractivity contribution in [1.29, 1.82) is 0 Å². The van der Waals surface area contributed by atoms with Gasteiger partial charge in [0, 0.05) is 29.1 Å². The van der Waals surface area contributed by atoms with Crippen molar-refractivity contribution < 1.29 is 9.84 Å². The fourth-order valence-corrected chi connectivity index (χ4v) is 3.25. The van der Waals surface area contributed by atoms with Gasteiger partial charge in [-0.3, -0.25) is 0 Å². The normalized spacial score (nSPS) is 22.6. The van der Waals surface area contributed by atoms with Crippen molar-refractivity contribution in [1.82, 2.24) is 4.98 Å². The van der Waals surface area contributed by atoms with Crippen molar-refractivity contribution in [3.63, 3.8) is 0 Å². The topological polar surface area (TPSA) is 54.4 Å².